The predicted molar refractivity (Wildman–Crippen MR) is 97.6 cm³/mol. The minimum Gasteiger partial charge on any atom is -0.444 e. The Hall–Kier alpha value is -3.09. The number of carbonyl (C=O) groups excluding carboxylic acids is 1. The van der Waals surface area contributed by atoms with Gasteiger partial charge in [-0.3, -0.25) is 0 Å². The summed E-state index contributed by atoms with van der Waals surface area (Å²) in [4.78, 5) is 16.7. The van der Waals surface area contributed by atoms with E-state index in [4.69, 9.17) is 4.74 Å². The lowest BCUT2D eigenvalue weighted by atomic mass is 9.93. The number of aryl methyl sites for hydroxylation is 1. The lowest BCUT2D eigenvalue weighted by Crippen LogP contribution is -2.18. The largest absolute Gasteiger partial charge is 0.444 e. The lowest BCUT2D eigenvalue weighted by molar-refractivity contribution is 0.138. The molecule has 0 amide bonds. The molecule has 146 valence electrons. The maximum atomic E-state index is 13.7. The average molecular weight is 388 g/mol. The Morgan fingerprint density at radius 2 is 1.96 bits per heavy atom. The van der Waals surface area contributed by atoms with E-state index >= 15 is 0 Å². The van der Waals surface area contributed by atoms with Crippen molar-refractivity contribution in [1.29, 1.82) is 0 Å². The van der Waals surface area contributed by atoms with E-state index in [9.17, 15) is 18.0 Å². The number of rotatable bonds is 4. The van der Waals surface area contributed by atoms with Crippen LogP contribution in [-0.4, -0.2) is 15.6 Å². The molecule has 1 atom stereocenters. The van der Waals surface area contributed by atoms with Crippen LogP contribution in [-0.2, 0) is 11.3 Å². The van der Waals surface area contributed by atoms with Gasteiger partial charge in [0.25, 0.3) is 0 Å². The number of hydrogen-bond acceptors (Lipinski definition) is 3. The molecule has 0 spiro atoms. The van der Waals surface area contributed by atoms with E-state index in [0.717, 1.165) is 22.8 Å². The Kier molecular flexibility index (Phi) is 5.53. The highest BCUT2D eigenvalue weighted by Crippen LogP contribution is 2.27. The van der Waals surface area contributed by atoms with Gasteiger partial charge in [0.2, 0.25) is 0 Å². The quantitative estimate of drug-likeness (QED) is 0.573. The second-order valence-electron chi connectivity index (χ2n) is 6.58. The molecule has 0 saturated heterocycles. The number of carbonyl (C=O) groups is 1. The molecule has 0 unspecified atom stereocenters. The molecule has 1 aromatic heterocycles. The first-order chi connectivity index (χ1) is 13.3. The summed E-state index contributed by atoms with van der Waals surface area (Å²) in [6, 6.07) is 7.11. The molecule has 4 nitrogen and oxygen atoms in total. The molecule has 0 aliphatic carbocycles. The van der Waals surface area contributed by atoms with Crippen molar-refractivity contribution in [3.63, 3.8) is 0 Å². The molecular formula is C21H19F3N2O2. The second-order valence-corrected chi connectivity index (χ2v) is 6.58. The molecule has 0 N–H and O–H groups in total. The van der Waals surface area contributed by atoms with Crippen LogP contribution in [0.3, 0.4) is 0 Å². The van der Waals surface area contributed by atoms with Gasteiger partial charge in [-0.2, -0.15) is 0 Å². The van der Waals surface area contributed by atoms with E-state index in [1.807, 2.05) is 39.0 Å². The lowest BCUT2D eigenvalue weighted by Gasteiger charge is -2.17. The Morgan fingerprint density at radius 3 is 2.71 bits per heavy atom. The van der Waals surface area contributed by atoms with Crippen LogP contribution >= 0.6 is 0 Å². The molecule has 0 fully saturated rings. The summed E-state index contributed by atoms with van der Waals surface area (Å²) in [5, 5.41) is 0. The minimum atomic E-state index is -1.34. The van der Waals surface area contributed by atoms with E-state index in [1.165, 1.54) is 17.0 Å². The summed E-state index contributed by atoms with van der Waals surface area (Å²) in [5.41, 5.74) is 2.84. The normalized spacial score (nSPS) is 12.1. The van der Waals surface area contributed by atoms with Gasteiger partial charge in [0.1, 0.15) is 18.2 Å². The van der Waals surface area contributed by atoms with E-state index in [2.05, 4.69) is 4.98 Å². The van der Waals surface area contributed by atoms with Crippen molar-refractivity contribution in [1.82, 2.24) is 9.55 Å². The van der Waals surface area contributed by atoms with Gasteiger partial charge >= 0.3 is 6.09 Å². The van der Waals surface area contributed by atoms with Crippen molar-refractivity contribution in [2.24, 2.45) is 0 Å². The van der Waals surface area contributed by atoms with E-state index in [-0.39, 0.29) is 11.5 Å². The van der Waals surface area contributed by atoms with Gasteiger partial charge in [0, 0.05) is 29.9 Å². The monoisotopic (exact) mass is 388 g/mol. The van der Waals surface area contributed by atoms with Crippen LogP contribution in [0.2, 0.25) is 0 Å². The van der Waals surface area contributed by atoms with Gasteiger partial charge in [-0.25, -0.2) is 27.5 Å². The number of hydrogen-bond donors (Lipinski definition) is 0. The predicted octanol–water partition coefficient (Wildman–Crippen LogP) is 5.25. The van der Waals surface area contributed by atoms with Crippen molar-refractivity contribution < 1.29 is 22.7 Å². The highest BCUT2D eigenvalue weighted by molar-refractivity contribution is 5.71. The Balaban J connectivity index is 1.82. The molecular weight excluding hydrogens is 369 g/mol. The second kappa shape index (κ2) is 7.88. The first-order valence-electron chi connectivity index (χ1n) is 8.69. The molecule has 28 heavy (non-hydrogen) atoms. The number of benzene rings is 2. The maximum Gasteiger partial charge on any atom is 0.419 e. The standard InChI is InChI=1S/C21H19F3N2O2/c1-12-5-4-6-17(13(12)2)14(3)20-25-7-8-26(20)21(27)28-11-15-9-16(22)10-18(23)19(15)24/h4-10,14H,11H2,1-3H3/t14-/m0/s1. The molecule has 3 aromatic rings. The Labute approximate surface area is 160 Å². The highest BCUT2D eigenvalue weighted by Gasteiger charge is 2.21. The topological polar surface area (TPSA) is 44.1 Å². The van der Waals surface area contributed by atoms with Gasteiger partial charge in [-0.1, -0.05) is 25.1 Å². The van der Waals surface area contributed by atoms with Crippen molar-refractivity contribution in [2.75, 3.05) is 0 Å². The van der Waals surface area contributed by atoms with Gasteiger partial charge in [0.05, 0.1) is 0 Å². The summed E-state index contributed by atoms with van der Waals surface area (Å²) >= 11 is 0. The number of ether oxygens (including phenoxy) is 1. The highest BCUT2D eigenvalue weighted by atomic mass is 19.2. The Morgan fingerprint density at radius 1 is 1.21 bits per heavy atom. The van der Waals surface area contributed by atoms with Crippen molar-refractivity contribution in [3.05, 3.63) is 88.3 Å². The van der Waals surface area contributed by atoms with Crippen molar-refractivity contribution in [2.45, 2.75) is 33.3 Å². The molecule has 3 rings (SSSR count). The van der Waals surface area contributed by atoms with E-state index in [0.29, 0.717) is 11.9 Å². The van der Waals surface area contributed by atoms with Crippen LogP contribution < -0.4 is 0 Å². The molecule has 0 radical (unpaired) electrons. The SMILES string of the molecule is Cc1cccc([C@H](C)c2nccn2C(=O)OCc2cc(F)cc(F)c2F)c1C. The number of nitrogens with zero attached hydrogens (tertiary/aromatic N) is 2. The van der Waals surface area contributed by atoms with Crippen LogP contribution in [0, 0.1) is 31.3 Å². The zero-order valence-electron chi connectivity index (χ0n) is 15.7. The molecule has 2 aromatic carbocycles. The minimum absolute atomic E-state index is 0.203. The number of halogens is 3. The van der Waals surface area contributed by atoms with Gasteiger partial charge < -0.3 is 4.74 Å². The van der Waals surface area contributed by atoms with Crippen LogP contribution in [0.25, 0.3) is 0 Å². The first-order valence-corrected chi connectivity index (χ1v) is 8.69. The van der Waals surface area contributed by atoms with Gasteiger partial charge in [-0.05, 0) is 36.6 Å². The molecule has 0 aliphatic heterocycles. The van der Waals surface area contributed by atoms with E-state index in [1.54, 1.807) is 0 Å². The fourth-order valence-electron chi connectivity index (χ4n) is 3.10. The zero-order chi connectivity index (χ0) is 20.4. The molecule has 0 saturated carbocycles. The Bertz CT molecular complexity index is 1030. The third-order valence-corrected chi connectivity index (χ3v) is 4.79. The van der Waals surface area contributed by atoms with Crippen molar-refractivity contribution in [3.8, 4) is 0 Å². The fourth-order valence-corrected chi connectivity index (χ4v) is 3.10. The van der Waals surface area contributed by atoms with E-state index < -0.39 is 30.2 Å². The van der Waals surface area contributed by atoms with Crippen LogP contribution in [0.5, 0.6) is 0 Å². The van der Waals surface area contributed by atoms with Crippen molar-refractivity contribution >= 4 is 6.09 Å². The summed E-state index contributed by atoms with van der Waals surface area (Å²) in [5.74, 6) is -3.28. The fraction of sp³-hybridized carbons (Fsp3) is 0.238. The first kappa shape index (κ1) is 19.7. The third kappa shape index (κ3) is 3.78. The summed E-state index contributed by atoms with van der Waals surface area (Å²) in [6.07, 6.45) is 2.08. The van der Waals surface area contributed by atoms with Crippen LogP contribution in [0.1, 0.15) is 40.9 Å². The molecule has 0 bridgehead atoms. The van der Waals surface area contributed by atoms with Gasteiger partial charge in [0.15, 0.2) is 11.6 Å². The van der Waals surface area contributed by atoms with Gasteiger partial charge in [-0.15, -0.1) is 0 Å². The molecule has 7 heteroatoms. The van der Waals surface area contributed by atoms with Crippen LogP contribution in [0.15, 0.2) is 42.7 Å². The molecule has 0 aliphatic rings. The third-order valence-electron chi connectivity index (χ3n) is 4.79. The summed E-state index contributed by atoms with van der Waals surface area (Å²) < 4.78 is 46.6. The number of imidazole rings is 1. The number of aromatic nitrogens is 2. The summed E-state index contributed by atoms with van der Waals surface area (Å²) in [7, 11) is 0. The smallest absolute Gasteiger partial charge is 0.419 e. The average Bonchev–Trinajstić information content (AvgIpc) is 3.14. The molecule has 1 heterocycles. The summed E-state index contributed by atoms with van der Waals surface area (Å²) in [6.45, 7) is 5.30. The van der Waals surface area contributed by atoms with Crippen LogP contribution in [0.4, 0.5) is 18.0 Å². The zero-order valence-corrected chi connectivity index (χ0v) is 15.7. The maximum absolute atomic E-state index is 13.7.